The largest absolute Gasteiger partial charge is 0.352 e. The summed E-state index contributed by atoms with van der Waals surface area (Å²) in [4.78, 5) is 10.2. The van der Waals surface area contributed by atoms with Gasteiger partial charge in [0.2, 0.25) is 0 Å². The molecule has 0 fully saturated rings. The molecule has 0 aromatic rings. The SMILES string of the molecule is CCC(NC)NC(N)=O. The lowest BCUT2D eigenvalue weighted by atomic mass is 10.4. The van der Waals surface area contributed by atoms with Crippen LogP contribution in [0.2, 0.25) is 0 Å². The Balaban J connectivity index is 3.43. The smallest absolute Gasteiger partial charge is 0.313 e. The Kier molecular flexibility index (Phi) is 3.79. The Morgan fingerprint density at radius 2 is 2.33 bits per heavy atom. The number of rotatable bonds is 3. The van der Waals surface area contributed by atoms with Crippen LogP contribution >= 0.6 is 0 Å². The van der Waals surface area contributed by atoms with Crippen molar-refractivity contribution in [2.75, 3.05) is 7.05 Å². The molecular formula is C5H13N3O. The molecule has 0 radical (unpaired) electrons. The second-order valence-electron chi connectivity index (χ2n) is 1.76. The molecule has 0 spiro atoms. The number of nitrogens with two attached hydrogens (primary N) is 1. The molecule has 9 heavy (non-hydrogen) atoms. The standard InChI is InChI=1S/C5H13N3O/c1-3-4(7-2)8-5(6)9/h4,7H,3H2,1-2H3,(H3,6,8,9). The van der Waals surface area contributed by atoms with E-state index in [9.17, 15) is 4.79 Å². The van der Waals surface area contributed by atoms with E-state index in [0.717, 1.165) is 6.42 Å². The van der Waals surface area contributed by atoms with Crippen molar-refractivity contribution in [2.24, 2.45) is 5.73 Å². The molecule has 0 aliphatic heterocycles. The highest BCUT2D eigenvalue weighted by Crippen LogP contribution is 1.81. The van der Waals surface area contributed by atoms with Gasteiger partial charge in [-0.25, -0.2) is 4.79 Å². The van der Waals surface area contributed by atoms with Crippen LogP contribution in [0.5, 0.6) is 0 Å². The van der Waals surface area contributed by atoms with E-state index >= 15 is 0 Å². The van der Waals surface area contributed by atoms with Crippen molar-refractivity contribution >= 4 is 6.03 Å². The Hall–Kier alpha value is -0.770. The van der Waals surface area contributed by atoms with Crippen molar-refractivity contribution in [1.29, 1.82) is 0 Å². The van der Waals surface area contributed by atoms with Gasteiger partial charge in [0, 0.05) is 0 Å². The monoisotopic (exact) mass is 131 g/mol. The van der Waals surface area contributed by atoms with Gasteiger partial charge in [-0.05, 0) is 13.5 Å². The minimum atomic E-state index is -0.490. The molecule has 0 saturated heterocycles. The Bertz CT molecular complexity index is 90.2. The van der Waals surface area contributed by atoms with E-state index in [2.05, 4.69) is 10.6 Å². The number of hydrogen-bond donors (Lipinski definition) is 3. The fraction of sp³-hybridized carbons (Fsp3) is 0.800. The number of amides is 2. The fourth-order valence-electron chi connectivity index (χ4n) is 0.550. The van der Waals surface area contributed by atoms with Crippen LogP contribution < -0.4 is 16.4 Å². The third-order valence-corrected chi connectivity index (χ3v) is 1.07. The van der Waals surface area contributed by atoms with Gasteiger partial charge in [-0.3, -0.25) is 0 Å². The number of carbonyl (C=O) groups is 1. The minimum absolute atomic E-state index is 0.00231. The number of urea groups is 1. The summed E-state index contributed by atoms with van der Waals surface area (Å²) in [6.45, 7) is 1.96. The van der Waals surface area contributed by atoms with Crippen LogP contribution in [-0.4, -0.2) is 19.2 Å². The van der Waals surface area contributed by atoms with Gasteiger partial charge in [-0.15, -0.1) is 0 Å². The highest BCUT2D eigenvalue weighted by atomic mass is 16.2. The summed E-state index contributed by atoms with van der Waals surface area (Å²) in [7, 11) is 1.77. The molecule has 0 saturated carbocycles. The summed E-state index contributed by atoms with van der Waals surface area (Å²) < 4.78 is 0. The van der Waals surface area contributed by atoms with Crippen LogP contribution in [-0.2, 0) is 0 Å². The third kappa shape index (κ3) is 3.78. The van der Waals surface area contributed by atoms with Gasteiger partial charge in [0.1, 0.15) is 0 Å². The van der Waals surface area contributed by atoms with E-state index in [0.29, 0.717) is 0 Å². The average molecular weight is 131 g/mol. The number of carbonyl (C=O) groups excluding carboxylic acids is 1. The molecule has 0 aliphatic rings. The van der Waals surface area contributed by atoms with Crippen LogP contribution in [0.3, 0.4) is 0 Å². The van der Waals surface area contributed by atoms with Crippen molar-refractivity contribution in [3.05, 3.63) is 0 Å². The lowest BCUT2D eigenvalue weighted by molar-refractivity contribution is 0.243. The van der Waals surface area contributed by atoms with E-state index < -0.39 is 6.03 Å². The first-order valence-electron chi connectivity index (χ1n) is 2.94. The molecule has 1 unspecified atom stereocenters. The summed E-state index contributed by atoms with van der Waals surface area (Å²) in [6, 6.07) is -0.490. The highest BCUT2D eigenvalue weighted by molar-refractivity contribution is 5.71. The molecule has 0 aromatic heterocycles. The predicted molar refractivity (Wildman–Crippen MR) is 35.9 cm³/mol. The lowest BCUT2D eigenvalue weighted by Crippen LogP contribution is -2.45. The summed E-state index contributed by atoms with van der Waals surface area (Å²) >= 11 is 0. The molecule has 1 atom stereocenters. The summed E-state index contributed by atoms with van der Waals surface area (Å²) in [5.74, 6) is 0. The quantitative estimate of drug-likeness (QED) is 0.457. The molecule has 4 heteroatoms. The molecular weight excluding hydrogens is 118 g/mol. The van der Waals surface area contributed by atoms with Gasteiger partial charge in [0.25, 0.3) is 0 Å². The Morgan fingerprint density at radius 3 is 2.44 bits per heavy atom. The van der Waals surface area contributed by atoms with E-state index in [1.807, 2.05) is 6.92 Å². The van der Waals surface area contributed by atoms with Gasteiger partial charge in [-0.1, -0.05) is 6.92 Å². The van der Waals surface area contributed by atoms with Gasteiger partial charge in [-0.2, -0.15) is 0 Å². The van der Waals surface area contributed by atoms with E-state index in [-0.39, 0.29) is 6.17 Å². The maximum atomic E-state index is 10.2. The van der Waals surface area contributed by atoms with E-state index in [1.54, 1.807) is 7.05 Å². The molecule has 2 amide bonds. The fourth-order valence-corrected chi connectivity index (χ4v) is 0.550. The maximum Gasteiger partial charge on any atom is 0.313 e. The zero-order valence-electron chi connectivity index (χ0n) is 5.77. The first-order chi connectivity index (χ1) is 4.20. The maximum absolute atomic E-state index is 10.2. The molecule has 54 valence electrons. The first kappa shape index (κ1) is 8.23. The number of nitrogens with one attached hydrogen (secondary N) is 2. The van der Waals surface area contributed by atoms with Gasteiger partial charge in [0.15, 0.2) is 0 Å². The van der Waals surface area contributed by atoms with Crippen LogP contribution in [0, 0.1) is 0 Å². The summed E-state index contributed by atoms with van der Waals surface area (Å²) in [5, 5.41) is 5.38. The second-order valence-corrected chi connectivity index (χ2v) is 1.76. The molecule has 0 heterocycles. The van der Waals surface area contributed by atoms with Crippen molar-refractivity contribution in [3.8, 4) is 0 Å². The van der Waals surface area contributed by atoms with Crippen LogP contribution in [0.4, 0.5) is 4.79 Å². The van der Waals surface area contributed by atoms with Gasteiger partial charge >= 0.3 is 6.03 Å². The number of primary amides is 1. The van der Waals surface area contributed by atoms with Crippen molar-refractivity contribution in [2.45, 2.75) is 19.5 Å². The normalized spacial score (nSPS) is 12.7. The number of hydrogen-bond acceptors (Lipinski definition) is 2. The second kappa shape index (κ2) is 4.14. The van der Waals surface area contributed by atoms with Crippen molar-refractivity contribution in [3.63, 3.8) is 0 Å². The molecule has 4 N–H and O–H groups in total. The molecule has 0 bridgehead atoms. The molecule has 0 aliphatic carbocycles. The third-order valence-electron chi connectivity index (χ3n) is 1.07. The molecule has 0 aromatic carbocycles. The zero-order chi connectivity index (χ0) is 7.28. The van der Waals surface area contributed by atoms with Crippen LogP contribution in [0.1, 0.15) is 13.3 Å². The predicted octanol–water partition coefficient (Wildman–Crippen LogP) is -0.390. The van der Waals surface area contributed by atoms with E-state index in [4.69, 9.17) is 5.73 Å². The van der Waals surface area contributed by atoms with E-state index in [1.165, 1.54) is 0 Å². The first-order valence-corrected chi connectivity index (χ1v) is 2.94. The molecule has 4 nitrogen and oxygen atoms in total. The minimum Gasteiger partial charge on any atom is -0.352 e. The summed E-state index contributed by atoms with van der Waals surface area (Å²) in [6.07, 6.45) is 0.835. The van der Waals surface area contributed by atoms with Crippen LogP contribution in [0.15, 0.2) is 0 Å². The summed E-state index contributed by atoms with van der Waals surface area (Å²) in [5.41, 5.74) is 4.85. The molecule has 0 rings (SSSR count). The topological polar surface area (TPSA) is 67.2 Å². The van der Waals surface area contributed by atoms with Crippen molar-refractivity contribution < 1.29 is 4.79 Å². The van der Waals surface area contributed by atoms with Gasteiger partial charge in [0.05, 0.1) is 6.17 Å². The zero-order valence-corrected chi connectivity index (χ0v) is 5.77. The van der Waals surface area contributed by atoms with Crippen LogP contribution in [0.25, 0.3) is 0 Å². The highest BCUT2D eigenvalue weighted by Gasteiger charge is 2.01. The van der Waals surface area contributed by atoms with Gasteiger partial charge < -0.3 is 16.4 Å². The van der Waals surface area contributed by atoms with Crippen molar-refractivity contribution in [1.82, 2.24) is 10.6 Å². The average Bonchev–Trinajstić information content (AvgIpc) is 1.82. The lowest BCUT2D eigenvalue weighted by Gasteiger charge is -2.12. The Morgan fingerprint density at radius 1 is 1.78 bits per heavy atom. The Labute approximate surface area is 54.8 Å².